The Morgan fingerprint density at radius 2 is 0.882 bits per heavy atom. The van der Waals surface area contributed by atoms with Crippen LogP contribution in [0.1, 0.15) is 0 Å². The number of benzene rings is 9. The van der Waals surface area contributed by atoms with Crippen molar-refractivity contribution in [1.29, 1.82) is 0 Å². The maximum absolute atomic E-state index is 6.51. The van der Waals surface area contributed by atoms with Crippen LogP contribution in [0.4, 0.5) is 17.1 Å². The highest BCUT2D eigenvalue weighted by Crippen LogP contribution is 2.42. The molecular weight excluding hydrogens is 623 g/mol. The number of furan rings is 2. The van der Waals surface area contributed by atoms with E-state index >= 15 is 0 Å². The number of rotatable bonds is 4. The minimum atomic E-state index is 0.907. The van der Waals surface area contributed by atoms with E-state index in [4.69, 9.17) is 8.83 Å². The third-order valence-corrected chi connectivity index (χ3v) is 10.4. The fourth-order valence-electron chi connectivity index (χ4n) is 7.98. The van der Waals surface area contributed by atoms with E-state index in [0.717, 1.165) is 82.8 Å². The molecule has 0 aliphatic heterocycles. The van der Waals surface area contributed by atoms with Crippen molar-refractivity contribution in [1.82, 2.24) is 0 Å². The smallest absolute Gasteiger partial charge is 0.143 e. The summed E-state index contributed by atoms with van der Waals surface area (Å²) in [5.41, 5.74) is 9.13. The summed E-state index contributed by atoms with van der Waals surface area (Å²) in [5.74, 6) is 0. The minimum absolute atomic E-state index is 0.907. The largest absolute Gasteiger partial charge is 0.455 e. The van der Waals surface area contributed by atoms with Crippen molar-refractivity contribution in [3.05, 3.63) is 176 Å². The van der Waals surface area contributed by atoms with Gasteiger partial charge in [-0.1, -0.05) is 121 Å². The van der Waals surface area contributed by atoms with Gasteiger partial charge in [-0.3, -0.25) is 0 Å². The van der Waals surface area contributed by atoms with Crippen molar-refractivity contribution >= 4 is 93.3 Å². The first kappa shape index (κ1) is 28.0. The van der Waals surface area contributed by atoms with E-state index in [0.29, 0.717) is 0 Å². The number of hydrogen-bond acceptors (Lipinski definition) is 3. The molecule has 0 aliphatic rings. The lowest BCUT2D eigenvalue weighted by Crippen LogP contribution is -2.10. The molecule has 0 amide bonds. The van der Waals surface area contributed by atoms with Crippen LogP contribution in [-0.4, -0.2) is 0 Å². The fraction of sp³-hybridized carbons (Fsp3) is 0. The van der Waals surface area contributed by atoms with E-state index in [2.05, 4.69) is 157 Å². The van der Waals surface area contributed by atoms with E-state index in [1.165, 1.54) is 21.5 Å². The van der Waals surface area contributed by atoms with E-state index < -0.39 is 0 Å². The van der Waals surface area contributed by atoms with Crippen LogP contribution < -0.4 is 4.90 Å². The molecule has 3 heteroatoms. The molecule has 0 aliphatic carbocycles. The van der Waals surface area contributed by atoms with Gasteiger partial charge in [-0.15, -0.1) is 0 Å². The van der Waals surface area contributed by atoms with Gasteiger partial charge in [-0.05, 0) is 87.1 Å². The van der Waals surface area contributed by atoms with Crippen molar-refractivity contribution in [2.75, 3.05) is 4.90 Å². The monoisotopic (exact) mass is 651 g/mol. The zero-order valence-electron chi connectivity index (χ0n) is 27.5. The highest BCUT2D eigenvalue weighted by Gasteiger charge is 2.18. The average molecular weight is 652 g/mol. The van der Waals surface area contributed by atoms with Gasteiger partial charge in [0.05, 0.1) is 0 Å². The molecule has 0 saturated carbocycles. The van der Waals surface area contributed by atoms with Crippen LogP contribution in [0.15, 0.2) is 185 Å². The summed E-state index contributed by atoms with van der Waals surface area (Å²) in [6.07, 6.45) is 0. The van der Waals surface area contributed by atoms with Crippen LogP contribution in [0.25, 0.3) is 87.3 Å². The third kappa shape index (κ3) is 4.32. The molecule has 0 bridgehead atoms. The lowest BCUT2D eigenvalue weighted by Gasteiger charge is -2.26. The molecular formula is C48H29NO2. The molecule has 0 unspecified atom stereocenters. The molecule has 238 valence electrons. The molecule has 2 aromatic heterocycles. The van der Waals surface area contributed by atoms with Gasteiger partial charge in [-0.25, -0.2) is 0 Å². The molecule has 0 fully saturated rings. The maximum Gasteiger partial charge on any atom is 0.143 e. The van der Waals surface area contributed by atoms with Gasteiger partial charge in [-0.2, -0.15) is 0 Å². The third-order valence-electron chi connectivity index (χ3n) is 10.4. The number of anilines is 3. The summed E-state index contributed by atoms with van der Waals surface area (Å²) in [6.45, 7) is 0. The minimum Gasteiger partial charge on any atom is -0.455 e. The zero-order chi connectivity index (χ0) is 33.5. The Kier molecular flexibility index (Phi) is 5.96. The van der Waals surface area contributed by atoms with Gasteiger partial charge in [0.25, 0.3) is 0 Å². The van der Waals surface area contributed by atoms with Crippen molar-refractivity contribution < 1.29 is 8.83 Å². The molecule has 0 N–H and O–H groups in total. The summed E-state index contributed by atoms with van der Waals surface area (Å²) in [6, 6.07) is 62.7. The molecule has 0 saturated heterocycles. The standard InChI is InChI=1S/C48H29NO2/c1-2-9-33-28-36(24-18-30(33)8-1)49(35-22-19-31(20-23-35)39-12-7-13-42-40-10-3-5-14-44(40)50-47(39)42)37-25-27-38-34(29-37)17-16-32-21-26-43-41-11-4-6-15-45(41)51-48(43)46(32)38/h1-29H. The first-order valence-electron chi connectivity index (χ1n) is 17.3. The molecule has 51 heavy (non-hydrogen) atoms. The van der Waals surface area contributed by atoms with E-state index in [9.17, 15) is 0 Å². The van der Waals surface area contributed by atoms with Gasteiger partial charge < -0.3 is 13.7 Å². The highest BCUT2D eigenvalue weighted by molar-refractivity contribution is 6.23. The SMILES string of the molecule is c1ccc2cc(N(c3ccc(-c4cccc5c4oc4ccccc45)cc3)c3ccc4c(ccc5ccc6c7ccccc7oc6c54)c3)ccc2c1. The Hall–Kier alpha value is -6.84. The highest BCUT2D eigenvalue weighted by atomic mass is 16.3. The Morgan fingerprint density at radius 3 is 1.69 bits per heavy atom. The van der Waals surface area contributed by atoms with Crippen LogP contribution >= 0.6 is 0 Å². The van der Waals surface area contributed by atoms with Crippen LogP contribution in [0.3, 0.4) is 0 Å². The van der Waals surface area contributed by atoms with E-state index in [1.807, 2.05) is 24.3 Å². The molecule has 9 aromatic carbocycles. The van der Waals surface area contributed by atoms with E-state index in [-0.39, 0.29) is 0 Å². The molecule has 3 nitrogen and oxygen atoms in total. The molecule has 0 radical (unpaired) electrons. The van der Waals surface area contributed by atoms with Gasteiger partial charge in [0.1, 0.15) is 22.3 Å². The van der Waals surface area contributed by atoms with Crippen molar-refractivity contribution in [2.24, 2.45) is 0 Å². The fourth-order valence-corrected chi connectivity index (χ4v) is 7.98. The maximum atomic E-state index is 6.51. The molecule has 2 heterocycles. The van der Waals surface area contributed by atoms with Gasteiger partial charge in [0.2, 0.25) is 0 Å². The molecule has 0 spiro atoms. The average Bonchev–Trinajstić information content (AvgIpc) is 3.77. The summed E-state index contributed by atoms with van der Waals surface area (Å²) in [5, 5.41) is 11.6. The lowest BCUT2D eigenvalue weighted by atomic mass is 9.98. The predicted molar refractivity (Wildman–Crippen MR) is 214 cm³/mol. The summed E-state index contributed by atoms with van der Waals surface area (Å²) in [7, 11) is 0. The van der Waals surface area contributed by atoms with Gasteiger partial charge in [0.15, 0.2) is 0 Å². The second kappa shape index (κ2) is 10.8. The topological polar surface area (TPSA) is 29.5 Å². The first-order valence-corrected chi connectivity index (χ1v) is 17.3. The quantitative estimate of drug-likeness (QED) is 0.177. The van der Waals surface area contributed by atoms with Gasteiger partial charge in [0, 0.05) is 49.6 Å². The molecule has 0 atom stereocenters. The van der Waals surface area contributed by atoms with E-state index in [1.54, 1.807) is 0 Å². The Labute approximate surface area is 293 Å². The first-order chi connectivity index (χ1) is 25.3. The number of nitrogens with zero attached hydrogens (tertiary/aromatic N) is 1. The summed E-state index contributed by atoms with van der Waals surface area (Å²) < 4.78 is 12.9. The molecule has 11 rings (SSSR count). The second-order valence-electron chi connectivity index (χ2n) is 13.3. The normalized spacial score (nSPS) is 11.9. The number of hydrogen-bond donors (Lipinski definition) is 0. The van der Waals surface area contributed by atoms with Crippen LogP contribution in [-0.2, 0) is 0 Å². The number of para-hydroxylation sites is 3. The van der Waals surface area contributed by atoms with Crippen LogP contribution in [0, 0.1) is 0 Å². The van der Waals surface area contributed by atoms with Crippen molar-refractivity contribution in [3.63, 3.8) is 0 Å². The van der Waals surface area contributed by atoms with Gasteiger partial charge >= 0.3 is 0 Å². The van der Waals surface area contributed by atoms with Crippen LogP contribution in [0.5, 0.6) is 0 Å². The Balaban J connectivity index is 1.08. The summed E-state index contributed by atoms with van der Waals surface area (Å²) >= 11 is 0. The lowest BCUT2D eigenvalue weighted by molar-refractivity contribution is 0.670. The van der Waals surface area contributed by atoms with Crippen molar-refractivity contribution in [2.45, 2.75) is 0 Å². The van der Waals surface area contributed by atoms with Crippen molar-refractivity contribution in [3.8, 4) is 11.1 Å². The zero-order valence-corrected chi connectivity index (χ0v) is 27.5. The Bertz CT molecular complexity index is 3150. The summed E-state index contributed by atoms with van der Waals surface area (Å²) in [4.78, 5) is 2.35. The van der Waals surface area contributed by atoms with Crippen LogP contribution in [0.2, 0.25) is 0 Å². The molecule has 11 aromatic rings. The predicted octanol–water partition coefficient (Wildman–Crippen LogP) is 14.1. The number of fused-ring (bicyclic) bond motifs is 11. The Morgan fingerprint density at radius 1 is 0.333 bits per heavy atom. The second-order valence-corrected chi connectivity index (χ2v) is 13.3.